The van der Waals surface area contributed by atoms with Gasteiger partial charge in [-0.3, -0.25) is 0 Å². The number of likely N-dealkylation sites (tertiary alicyclic amines) is 1. The molecule has 1 rings (SSSR count). The molecule has 1 fully saturated rings. The van der Waals surface area contributed by atoms with E-state index in [4.69, 9.17) is 5.11 Å². The van der Waals surface area contributed by atoms with Crippen molar-refractivity contribution in [3.8, 4) is 0 Å². The Labute approximate surface area is 110 Å². The van der Waals surface area contributed by atoms with Crippen LogP contribution < -0.4 is 5.32 Å². The molecule has 104 valence electrons. The Morgan fingerprint density at radius 2 is 2.28 bits per heavy atom. The highest BCUT2D eigenvalue weighted by molar-refractivity contribution is 5.80. The SMILES string of the molecule is CC(=CC(=O)O)CNCCCN1CCCCC1C. The number of carboxylic acids is 1. The van der Waals surface area contributed by atoms with Crippen molar-refractivity contribution in [2.75, 3.05) is 26.2 Å². The molecule has 0 amide bonds. The lowest BCUT2D eigenvalue weighted by atomic mass is 10.0. The molecule has 0 aromatic carbocycles. The van der Waals surface area contributed by atoms with Gasteiger partial charge in [0.2, 0.25) is 0 Å². The van der Waals surface area contributed by atoms with Crippen molar-refractivity contribution in [2.45, 2.75) is 45.6 Å². The number of rotatable bonds is 7. The van der Waals surface area contributed by atoms with Gasteiger partial charge in [-0.25, -0.2) is 4.79 Å². The van der Waals surface area contributed by atoms with E-state index in [9.17, 15) is 4.79 Å². The molecular formula is C14H26N2O2. The smallest absolute Gasteiger partial charge is 0.328 e. The average molecular weight is 254 g/mol. The van der Waals surface area contributed by atoms with Crippen LogP contribution in [0.25, 0.3) is 0 Å². The van der Waals surface area contributed by atoms with E-state index in [2.05, 4.69) is 17.1 Å². The monoisotopic (exact) mass is 254 g/mol. The second-order valence-corrected chi connectivity index (χ2v) is 5.24. The molecule has 1 saturated heterocycles. The number of nitrogens with zero attached hydrogens (tertiary/aromatic N) is 1. The van der Waals surface area contributed by atoms with E-state index in [1.165, 1.54) is 31.9 Å². The summed E-state index contributed by atoms with van der Waals surface area (Å²) in [6.45, 7) is 8.16. The van der Waals surface area contributed by atoms with Crippen molar-refractivity contribution in [2.24, 2.45) is 0 Å². The lowest BCUT2D eigenvalue weighted by Gasteiger charge is -2.33. The Balaban J connectivity index is 2.06. The zero-order valence-corrected chi connectivity index (χ0v) is 11.6. The summed E-state index contributed by atoms with van der Waals surface area (Å²) < 4.78 is 0. The maximum absolute atomic E-state index is 10.4. The van der Waals surface area contributed by atoms with E-state index in [1.54, 1.807) is 0 Å². The van der Waals surface area contributed by atoms with E-state index in [1.807, 2.05) is 6.92 Å². The first-order valence-corrected chi connectivity index (χ1v) is 6.94. The molecular weight excluding hydrogens is 228 g/mol. The quantitative estimate of drug-likeness (QED) is 0.538. The fraction of sp³-hybridized carbons (Fsp3) is 0.786. The summed E-state index contributed by atoms with van der Waals surface area (Å²) in [5, 5.41) is 11.9. The van der Waals surface area contributed by atoms with E-state index < -0.39 is 5.97 Å². The Morgan fingerprint density at radius 3 is 2.94 bits per heavy atom. The molecule has 0 saturated carbocycles. The van der Waals surface area contributed by atoms with Gasteiger partial charge in [-0.15, -0.1) is 0 Å². The number of hydrogen-bond acceptors (Lipinski definition) is 3. The second kappa shape index (κ2) is 8.27. The summed E-state index contributed by atoms with van der Waals surface area (Å²) >= 11 is 0. The van der Waals surface area contributed by atoms with Gasteiger partial charge in [0, 0.05) is 18.7 Å². The predicted molar refractivity (Wildman–Crippen MR) is 73.8 cm³/mol. The lowest BCUT2D eigenvalue weighted by molar-refractivity contribution is -0.131. The normalized spacial score (nSPS) is 22.1. The molecule has 0 radical (unpaired) electrons. The Bertz CT molecular complexity index is 290. The maximum atomic E-state index is 10.4. The van der Waals surface area contributed by atoms with Crippen LogP contribution in [0.4, 0.5) is 0 Å². The van der Waals surface area contributed by atoms with Gasteiger partial charge >= 0.3 is 5.97 Å². The van der Waals surface area contributed by atoms with Crippen molar-refractivity contribution >= 4 is 5.97 Å². The average Bonchev–Trinajstić information content (AvgIpc) is 2.30. The molecule has 4 heteroatoms. The Morgan fingerprint density at radius 1 is 1.50 bits per heavy atom. The van der Waals surface area contributed by atoms with Gasteiger partial charge in [0.05, 0.1) is 0 Å². The van der Waals surface area contributed by atoms with Gasteiger partial charge < -0.3 is 15.3 Å². The van der Waals surface area contributed by atoms with Crippen LogP contribution in [0, 0.1) is 0 Å². The number of hydrogen-bond donors (Lipinski definition) is 2. The number of aliphatic carboxylic acids is 1. The predicted octanol–water partition coefficient (Wildman–Crippen LogP) is 1.87. The highest BCUT2D eigenvalue weighted by Crippen LogP contribution is 2.15. The fourth-order valence-electron chi connectivity index (χ4n) is 2.44. The fourth-order valence-corrected chi connectivity index (χ4v) is 2.44. The summed E-state index contributed by atoms with van der Waals surface area (Å²) in [6.07, 6.45) is 6.42. The minimum Gasteiger partial charge on any atom is -0.478 e. The first-order chi connectivity index (χ1) is 8.59. The van der Waals surface area contributed by atoms with Crippen LogP contribution in [0.2, 0.25) is 0 Å². The van der Waals surface area contributed by atoms with Crippen LogP contribution in [-0.4, -0.2) is 48.2 Å². The standard InChI is InChI=1S/C14H26N2O2/c1-12(10-14(17)18)11-15-7-5-9-16-8-4-3-6-13(16)2/h10,13,15H,3-9,11H2,1-2H3,(H,17,18). The van der Waals surface area contributed by atoms with Crippen LogP contribution in [0.15, 0.2) is 11.6 Å². The zero-order valence-electron chi connectivity index (χ0n) is 11.6. The van der Waals surface area contributed by atoms with Gasteiger partial charge in [-0.05, 0) is 52.7 Å². The molecule has 1 aliphatic rings. The molecule has 1 aliphatic heterocycles. The third-order valence-corrected chi connectivity index (χ3v) is 3.51. The molecule has 18 heavy (non-hydrogen) atoms. The number of piperidine rings is 1. The summed E-state index contributed by atoms with van der Waals surface area (Å²) in [7, 11) is 0. The van der Waals surface area contributed by atoms with Gasteiger partial charge in [-0.1, -0.05) is 12.0 Å². The van der Waals surface area contributed by atoms with E-state index in [0.29, 0.717) is 6.54 Å². The summed E-state index contributed by atoms with van der Waals surface area (Å²) in [5.41, 5.74) is 0.869. The Kier molecular flexibility index (Phi) is 6.98. The second-order valence-electron chi connectivity index (χ2n) is 5.24. The first kappa shape index (κ1) is 15.2. The molecule has 1 unspecified atom stereocenters. The molecule has 1 atom stereocenters. The van der Waals surface area contributed by atoms with E-state index in [0.717, 1.165) is 31.1 Å². The minimum absolute atomic E-state index is 0.669. The molecule has 4 nitrogen and oxygen atoms in total. The van der Waals surface area contributed by atoms with E-state index >= 15 is 0 Å². The lowest BCUT2D eigenvalue weighted by Crippen LogP contribution is -2.39. The largest absolute Gasteiger partial charge is 0.478 e. The van der Waals surface area contributed by atoms with Gasteiger partial charge in [0.25, 0.3) is 0 Å². The molecule has 1 heterocycles. The zero-order chi connectivity index (χ0) is 13.4. The maximum Gasteiger partial charge on any atom is 0.328 e. The Hall–Kier alpha value is -0.870. The van der Waals surface area contributed by atoms with Gasteiger partial charge in [0.15, 0.2) is 0 Å². The van der Waals surface area contributed by atoms with Crippen molar-refractivity contribution < 1.29 is 9.90 Å². The number of carbonyl (C=O) groups is 1. The minimum atomic E-state index is -0.864. The van der Waals surface area contributed by atoms with Gasteiger partial charge in [-0.2, -0.15) is 0 Å². The van der Waals surface area contributed by atoms with Crippen LogP contribution in [0.3, 0.4) is 0 Å². The number of nitrogens with one attached hydrogen (secondary N) is 1. The molecule has 0 bridgehead atoms. The molecule has 0 spiro atoms. The van der Waals surface area contributed by atoms with Crippen LogP contribution in [0.1, 0.15) is 39.5 Å². The van der Waals surface area contributed by atoms with Gasteiger partial charge in [0.1, 0.15) is 0 Å². The molecule has 2 N–H and O–H groups in total. The highest BCUT2D eigenvalue weighted by atomic mass is 16.4. The topological polar surface area (TPSA) is 52.6 Å². The number of carboxylic acid groups (broad SMARTS) is 1. The molecule has 0 aromatic rings. The molecule has 0 aromatic heterocycles. The van der Waals surface area contributed by atoms with Crippen LogP contribution in [-0.2, 0) is 4.79 Å². The van der Waals surface area contributed by atoms with Crippen molar-refractivity contribution in [3.05, 3.63) is 11.6 Å². The highest BCUT2D eigenvalue weighted by Gasteiger charge is 2.16. The van der Waals surface area contributed by atoms with Crippen LogP contribution >= 0.6 is 0 Å². The molecule has 0 aliphatic carbocycles. The summed E-state index contributed by atoms with van der Waals surface area (Å²) in [4.78, 5) is 13.0. The summed E-state index contributed by atoms with van der Waals surface area (Å²) in [5.74, 6) is -0.864. The third kappa shape index (κ3) is 6.17. The van der Waals surface area contributed by atoms with Crippen molar-refractivity contribution in [1.29, 1.82) is 0 Å². The van der Waals surface area contributed by atoms with Crippen molar-refractivity contribution in [1.82, 2.24) is 10.2 Å². The van der Waals surface area contributed by atoms with E-state index in [-0.39, 0.29) is 0 Å². The van der Waals surface area contributed by atoms with Crippen LogP contribution in [0.5, 0.6) is 0 Å². The third-order valence-electron chi connectivity index (χ3n) is 3.51. The summed E-state index contributed by atoms with van der Waals surface area (Å²) in [6, 6.07) is 0.729. The first-order valence-electron chi connectivity index (χ1n) is 6.94. The van der Waals surface area contributed by atoms with Crippen molar-refractivity contribution in [3.63, 3.8) is 0 Å².